The van der Waals surface area contributed by atoms with Crippen molar-refractivity contribution in [2.45, 2.75) is 76.7 Å². The quantitative estimate of drug-likeness (QED) is 0.171. The fourth-order valence-corrected chi connectivity index (χ4v) is 3.49. The molecule has 2 aromatic rings. The van der Waals surface area contributed by atoms with Crippen LogP contribution in [-0.4, -0.2) is 23.7 Å². The highest BCUT2D eigenvalue weighted by atomic mass is 19.3. The minimum absolute atomic E-state index is 0.225. The number of carbonyl (C=O) groups excluding carboxylic acids is 2. The van der Waals surface area contributed by atoms with Crippen LogP contribution in [0.5, 0.6) is 0 Å². The Bertz CT molecular complexity index is 969. The number of carboxylic acids is 1. The van der Waals surface area contributed by atoms with Crippen molar-refractivity contribution in [2.24, 2.45) is 0 Å². The summed E-state index contributed by atoms with van der Waals surface area (Å²) in [6, 6.07) is 10.4. The number of amides is 1. The fraction of sp³-hybridized carbons (Fsp3) is 0.480. The molecule has 0 spiro atoms. The van der Waals surface area contributed by atoms with Gasteiger partial charge < -0.3 is 9.90 Å². The van der Waals surface area contributed by atoms with Gasteiger partial charge in [-0.15, -0.1) is 0 Å². The molecule has 0 unspecified atom stereocenters. The second-order valence-electron chi connectivity index (χ2n) is 8.38. The number of aromatic nitrogens is 1. The zero-order chi connectivity index (χ0) is 25.9. The maximum Gasteiger partial charge on any atom is 0.393 e. The molecule has 0 saturated carbocycles. The number of benzene rings is 1. The van der Waals surface area contributed by atoms with Gasteiger partial charge in [-0.25, -0.2) is 4.57 Å². The van der Waals surface area contributed by atoms with Gasteiger partial charge in [0.25, 0.3) is 0 Å². The first-order valence-corrected chi connectivity index (χ1v) is 11.7. The summed E-state index contributed by atoms with van der Waals surface area (Å²) < 4.78 is 55.6. The van der Waals surface area contributed by atoms with Gasteiger partial charge in [-0.1, -0.05) is 50.8 Å². The van der Waals surface area contributed by atoms with E-state index >= 15 is 0 Å². The molecule has 2 N–H and O–H groups in total. The van der Waals surface area contributed by atoms with Crippen LogP contribution in [0.4, 0.5) is 23.2 Å². The molecule has 0 aliphatic heterocycles. The molecule has 1 heterocycles. The van der Waals surface area contributed by atoms with Crippen molar-refractivity contribution in [2.75, 3.05) is 5.43 Å². The van der Waals surface area contributed by atoms with Gasteiger partial charge in [0.15, 0.2) is 12.4 Å². The highest BCUT2D eigenvalue weighted by Crippen LogP contribution is 2.34. The number of hydrogen-bond acceptors (Lipinski definition) is 4. The lowest BCUT2D eigenvalue weighted by Gasteiger charge is -2.26. The average Bonchev–Trinajstić information content (AvgIpc) is 2.84. The van der Waals surface area contributed by atoms with Crippen LogP contribution in [0.2, 0.25) is 0 Å². The first-order valence-electron chi connectivity index (χ1n) is 11.7. The van der Waals surface area contributed by atoms with Crippen LogP contribution in [0.1, 0.15) is 56.6 Å². The molecule has 0 bridgehead atoms. The van der Waals surface area contributed by atoms with E-state index in [0.717, 1.165) is 18.5 Å². The Kier molecular flexibility index (Phi) is 10.5. The summed E-state index contributed by atoms with van der Waals surface area (Å²) in [4.78, 5) is 21.9. The highest BCUT2D eigenvalue weighted by Gasteiger charge is 2.63. The summed E-state index contributed by atoms with van der Waals surface area (Å²) in [5.74, 6) is -17.0. The SMILES string of the molecule is CCCCCCCC[n+]1ccc(CCc2ccccc2NNC(=O)C(F)(F)C(F)(F)C(=O)[O-])cc1. The number of alkyl halides is 4. The number of carbonyl (C=O) groups is 2. The van der Waals surface area contributed by atoms with E-state index in [9.17, 15) is 32.3 Å². The van der Waals surface area contributed by atoms with Crippen molar-refractivity contribution in [1.82, 2.24) is 5.43 Å². The Balaban J connectivity index is 1.89. The largest absolute Gasteiger partial charge is 0.544 e. The smallest absolute Gasteiger partial charge is 0.393 e. The molecule has 35 heavy (non-hydrogen) atoms. The van der Waals surface area contributed by atoms with E-state index in [2.05, 4.69) is 16.9 Å². The molecule has 0 saturated heterocycles. The van der Waals surface area contributed by atoms with Crippen LogP contribution in [0.25, 0.3) is 0 Å². The molecule has 1 aromatic carbocycles. The minimum Gasteiger partial charge on any atom is -0.544 e. The summed E-state index contributed by atoms with van der Waals surface area (Å²) in [6.45, 7) is 3.14. The molecule has 6 nitrogen and oxygen atoms in total. The van der Waals surface area contributed by atoms with Crippen LogP contribution in [0.15, 0.2) is 48.8 Å². The van der Waals surface area contributed by atoms with Gasteiger partial charge >= 0.3 is 17.8 Å². The molecule has 0 atom stereocenters. The summed E-state index contributed by atoms with van der Waals surface area (Å²) in [5.41, 5.74) is 5.57. The minimum atomic E-state index is -5.66. The molecule has 10 heteroatoms. The zero-order valence-electron chi connectivity index (χ0n) is 19.7. The lowest BCUT2D eigenvalue weighted by Crippen LogP contribution is -2.61. The molecule has 0 aliphatic carbocycles. The van der Waals surface area contributed by atoms with E-state index in [-0.39, 0.29) is 5.69 Å². The number of rotatable bonds is 15. The van der Waals surface area contributed by atoms with Crippen molar-refractivity contribution in [1.29, 1.82) is 0 Å². The molecular formula is C25H31F4N3O3. The Hall–Kier alpha value is -3.17. The predicted octanol–water partition coefficient (Wildman–Crippen LogP) is 3.58. The monoisotopic (exact) mass is 497 g/mol. The van der Waals surface area contributed by atoms with E-state index in [1.807, 2.05) is 24.5 Å². The molecular weight excluding hydrogens is 466 g/mol. The number of unbranched alkanes of at least 4 members (excludes halogenated alkanes) is 5. The van der Waals surface area contributed by atoms with Gasteiger partial charge in [-0.2, -0.15) is 17.6 Å². The van der Waals surface area contributed by atoms with Gasteiger partial charge in [0.1, 0.15) is 12.5 Å². The van der Waals surface area contributed by atoms with Gasteiger partial charge in [0, 0.05) is 18.6 Å². The molecule has 0 aliphatic rings. The Morgan fingerprint density at radius 3 is 2.17 bits per heavy atom. The predicted molar refractivity (Wildman–Crippen MR) is 121 cm³/mol. The Morgan fingerprint density at radius 2 is 1.51 bits per heavy atom. The number of nitrogens with zero attached hydrogens (tertiary/aromatic N) is 1. The van der Waals surface area contributed by atoms with Gasteiger partial charge in [0.05, 0.1) is 5.69 Å². The maximum atomic E-state index is 13.6. The van der Waals surface area contributed by atoms with E-state index in [1.165, 1.54) is 43.6 Å². The Labute approximate surface area is 202 Å². The van der Waals surface area contributed by atoms with Gasteiger partial charge in [0.2, 0.25) is 0 Å². The van der Waals surface area contributed by atoms with Crippen LogP contribution in [0.3, 0.4) is 0 Å². The van der Waals surface area contributed by atoms with Crippen molar-refractivity contribution < 1.29 is 36.8 Å². The third-order valence-electron chi connectivity index (χ3n) is 5.68. The van der Waals surface area contributed by atoms with Gasteiger partial charge in [-0.3, -0.25) is 15.6 Å². The number of aliphatic carboxylic acids is 1. The van der Waals surface area contributed by atoms with E-state index in [1.54, 1.807) is 18.2 Å². The first kappa shape index (κ1) is 28.1. The van der Waals surface area contributed by atoms with E-state index in [0.29, 0.717) is 18.4 Å². The number of anilines is 1. The number of aryl methyl sites for hydroxylation is 3. The number of hydrazine groups is 1. The molecule has 1 amide bonds. The van der Waals surface area contributed by atoms with Crippen molar-refractivity contribution >= 4 is 17.6 Å². The molecule has 2 rings (SSSR count). The third-order valence-corrected chi connectivity index (χ3v) is 5.68. The van der Waals surface area contributed by atoms with E-state index in [4.69, 9.17) is 0 Å². The number of carboxylic acid groups (broad SMARTS) is 1. The molecule has 0 fully saturated rings. The highest BCUT2D eigenvalue weighted by molar-refractivity contribution is 5.92. The number of nitrogens with one attached hydrogen (secondary N) is 2. The van der Waals surface area contributed by atoms with Crippen molar-refractivity contribution in [3.63, 3.8) is 0 Å². The fourth-order valence-electron chi connectivity index (χ4n) is 3.49. The average molecular weight is 498 g/mol. The van der Waals surface area contributed by atoms with Crippen molar-refractivity contribution in [3.8, 4) is 0 Å². The van der Waals surface area contributed by atoms with Gasteiger partial charge in [-0.05, 0) is 36.5 Å². The Morgan fingerprint density at radius 1 is 0.886 bits per heavy atom. The lowest BCUT2D eigenvalue weighted by molar-refractivity contribution is -0.697. The second-order valence-corrected chi connectivity index (χ2v) is 8.38. The maximum absolute atomic E-state index is 13.6. The van der Waals surface area contributed by atoms with E-state index < -0.39 is 23.7 Å². The van der Waals surface area contributed by atoms with Crippen LogP contribution in [-0.2, 0) is 29.0 Å². The van der Waals surface area contributed by atoms with Crippen LogP contribution in [0, 0.1) is 0 Å². The number of para-hydroxylation sites is 1. The third kappa shape index (κ3) is 7.93. The van der Waals surface area contributed by atoms with Crippen LogP contribution >= 0.6 is 0 Å². The van der Waals surface area contributed by atoms with Crippen LogP contribution < -0.4 is 20.5 Å². The molecule has 192 valence electrons. The number of pyridine rings is 1. The standard InChI is InChI=1S/C25H31F4N3O3/c1-2-3-4-5-6-9-16-32-17-14-19(15-18-32)12-13-20-10-7-8-11-21(20)30-31-22(33)24(26,27)25(28,29)23(34)35/h7-8,10-11,14-15,17-18,30H,2-6,9,12-13,16H2,1H3,(H-,31,33,34,35). The summed E-state index contributed by atoms with van der Waals surface area (Å²) in [6.07, 6.45) is 12.4. The van der Waals surface area contributed by atoms with Crippen molar-refractivity contribution in [3.05, 3.63) is 59.9 Å². The molecule has 0 radical (unpaired) electrons. The topological polar surface area (TPSA) is 85.1 Å². The summed E-state index contributed by atoms with van der Waals surface area (Å²) in [5, 5.41) is 10.3. The number of hydrogen-bond donors (Lipinski definition) is 2. The molecule has 1 aromatic heterocycles. The number of halogens is 4. The second kappa shape index (κ2) is 13.1. The lowest BCUT2D eigenvalue weighted by atomic mass is 10.0. The first-order chi connectivity index (χ1) is 16.6. The summed E-state index contributed by atoms with van der Waals surface area (Å²) in [7, 11) is 0. The normalized spacial score (nSPS) is 11.8. The zero-order valence-corrected chi connectivity index (χ0v) is 19.7. The summed E-state index contributed by atoms with van der Waals surface area (Å²) >= 11 is 0.